The van der Waals surface area contributed by atoms with Gasteiger partial charge in [-0.25, -0.2) is 0 Å². The first kappa shape index (κ1) is 14.9. The topological polar surface area (TPSA) is 44.7 Å². The summed E-state index contributed by atoms with van der Waals surface area (Å²) in [6.45, 7) is 8.96. The van der Waals surface area contributed by atoms with Gasteiger partial charge in [0.05, 0.1) is 19.8 Å². The lowest BCUT2D eigenvalue weighted by molar-refractivity contribution is 0.0462. The van der Waals surface area contributed by atoms with Crippen LogP contribution in [0.1, 0.15) is 33.1 Å². The molecule has 1 heterocycles. The number of aliphatic hydroxyl groups excluding tert-OH is 1. The van der Waals surface area contributed by atoms with Crippen molar-refractivity contribution in [3.8, 4) is 0 Å². The monoisotopic (exact) mass is 244 g/mol. The molecule has 1 aliphatic heterocycles. The first-order valence-electron chi connectivity index (χ1n) is 6.95. The van der Waals surface area contributed by atoms with Crippen LogP contribution in [0.25, 0.3) is 0 Å². The Morgan fingerprint density at radius 2 is 2.24 bits per heavy atom. The van der Waals surface area contributed by atoms with Gasteiger partial charge < -0.3 is 15.2 Å². The number of aliphatic hydroxyl groups is 1. The van der Waals surface area contributed by atoms with Crippen LogP contribution < -0.4 is 5.32 Å². The van der Waals surface area contributed by atoms with Crippen molar-refractivity contribution in [3.05, 3.63) is 0 Å². The maximum Gasteiger partial charge on any atom is 0.0698 e. The summed E-state index contributed by atoms with van der Waals surface area (Å²) in [6.07, 6.45) is 3.93. The number of nitrogens with zero attached hydrogens (tertiary/aromatic N) is 1. The smallest absolute Gasteiger partial charge is 0.0698 e. The molecular weight excluding hydrogens is 216 g/mol. The molecule has 0 spiro atoms. The molecule has 17 heavy (non-hydrogen) atoms. The molecule has 1 saturated heterocycles. The molecule has 0 aromatic carbocycles. The van der Waals surface area contributed by atoms with Crippen LogP contribution in [0.5, 0.6) is 0 Å². The number of ether oxygens (including phenoxy) is 1. The highest BCUT2D eigenvalue weighted by Gasteiger charge is 2.26. The van der Waals surface area contributed by atoms with E-state index in [0.29, 0.717) is 18.7 Å². The molecule has 102 valence electrons. The first-order valence-corrected chi connectivity index (χ1v) is 6.95. The fourth-order valence-electron chi connectivity index (χ4n) is 2.67. The third-order valence-corrected chi connectivity index (χ3v) is 3.53. The summed E-state index contributed by atoms with van der Waals surface area (Å²) in [5, 5.41) is 12.2. The second-order valence-electron chi connectivity index (χ2n) is 4.78. The first-order chi connectivity index (χ1) is 8.29. The fraction of sp³-hybridized carbons (Fsp3) is 1.00. The predicted octanol–water partition coefficient (Wildman–Crippen LogP) is 0.848. The molecular formula is C13H28N2O2. The van der Waals surface area contributed by atoms with Gasteiger partial charge in [-0.15, -0.1) is 0 Å². The van der Waals surface area contributed by atoms with Crippen LogP contribution in [0.2, 0.25) is 0 Å². The molecule has 2 atom stereocenters. The Hall–Kier alpha value is -0.160. The maximum atomic E-state index is 8.66. The van der Waals surface area contributed by atoms with E-state index in [0.717, 1.165) is 19.7 Å². The molecule has 0 radical (unpaired) electrons. The molecule has 0 amide bonds. The Morgan fingerprint density at radius 1 is 1.41 bits per heavy atom. The molecule has 4 heteroatoms. The molecule has 1 aliphatic rings. The largest absolute Gasteiger partial charge is 0.394 e. The summed E-state index contributed by atoms with van der Waals surface area (Å²) in [6, 6.07) is 1.19. The molecule has 0 bridgehead atoms. The molecule has 1 rings (SSSR count). The van der Waals surface area contributed by atoms with Crippen LogP contribution in [0.4, 0.5) is 0 Å². The summed E-state index contributed by atoms with van der Waals surface area (Å²) < 4.78 is 5.36. The van der Waals surface area contributed by atoms with E-state index in [2.05, 4.69) is 24.1 Å². The number of rotatable bonds is 8. The number of likely N-dealkylation sites (N-methyl/N-ethyl adjacent to an activating group) is 1. The molecule has 2 N–H and O–H groups in total. The Morgan fingerprint density at radius 3 is 2.94 bits per heavy atom. The van der Waals surface area contributed by atoms with Crippen molar-refractivity contribution in [2.45, 2.75) is 45.2 Å². The second kappa shape index (κ2) is 8.86. The van der Waals surface area contributed by atoms with Gasteiger partial charge in [-0.1, -0.05) is 13.3 Å². The highest BCUT2D eigenvalue weighted by Crippen LogP contribution is 2.19. The quantitative estimate of drug-likeness (QED) is 0.621. The summed E-state index contributed by atoms with van der Waals surface area (Å²) in [5.41, 5.74) is 0. The lowest BCUT2D eigenvalue weighted by Crippen LogP contribution is -2.51. The third kappa shape index (κ3) is 5.34. The molecule has 0 aromatic heterocycles. The van der Waals surface area contributed by atoms with Gasteiger partial charge in [-0.2, -0.15) is 0 Å². The molecule has 1 fully saturated rings. The normalized spacial score (nSPS) is 23.8. The SMILES string of the molecule is CCNC(C)C1CCCCN1CCOCCO. The van der Waals surface area contributed by atoms with Crippen molar-refractivity contribution in [1.29, 1.82) is 0 Å². The minimum Gasteiger partial charge on any atom is -0.394 e. The summed E-state index contributed by atoms with van der Waals surface area (Å²) in [7, 11) is 0. The number of piperidine rings is 1. The molecule has 0 saturated carbocycles. The van der Waals surface area contributed by atoms with Crippen molar-refractivity contribution >= 4 is 0 Å². The van der Waals surface area contributed by atoms with Crippen molar-refractivity contribution in [2.24, 2.45) is 0 Å². The zero-order chi connectivity index (χ0) is 12.5. The third-order valence-electron chi connectivity index (χ3n) is 3.53. The van der Waals surface area contributed by atoms with Crippen molar-refractivity contribution in [1.82, 2.24) is 10.2 Å². The van der Waals surface area contributed by atoms with Gasteiger partial charge in [0.1, 0.15) is 0 Å². The number of hydrogen-bond acceptors (Lipinski definition) is 4. The van der Waals surface area contributed by atoms with Gasteiger partial charge in [-0.3, -0.25) is 4.90 Å². The molecule has 4 nitrogen and oxygen atoms in total. The highest BCUT2D eigenvalue weighted by atomic mass is 16.5. The lowest BCUT2D eigenvalue weighted by atomic mass is 9.96. The minimum absolute atomic E-state index is 0.122. The average molecular weight is 244 g/mol. The van der Waals surface area contributed by atoms with Gasteiger partial charge in [0.25, 0.3) is 0 Å². The Kier molecular flexibility index (Phi) is 7.77. The van der Waals surface area contributed by atoms with E-state index in [1.807, 2.05) is 0 Å². The van der Waals surface area contributed by atoms with E-state index < -0.39 is 0 Å². The fourth-order valence-corrected chi connectivity index (χ4v) is 2.67. The van der Waals surface area contributed by atoms with Crippen LogP contribution in [0, 0.1) is 0 Å². The van der Waals surface area contributed by atoms with Gasteiger partial charge in [0.2, 0.25) is 0 Å². The number of nitrogens with one attached hydrogen (secondary N) is 1. The van der Waals surface area contributed by atoms with E-state index in [9.17, 15) is 0 Å². The van der Waals surface area contributed by atoms with E-state index in [1.54, 1.807) is 0 Å². The molecule has 0 aromatic rings. The summed E-state index contributed by atoms with van der Waals surface area (Å²) in [4.78, 5) is 2.54. The van der Waals surface area contributed by atoms with Crippen molar-refractivity contribution < 1.29 is 9.84 Å². The van der Waals surface area contributed by atoms with Crippen LogP contribution >= 0.6 is 0 Å². The van der Waals surface area contributed by atoms with E-state index in [1.165, 1.54) is 25.8 Å². The second-order valence-corrected chi connectivity index (χ2v) is 4.78. The number of hydrogen-bond donors (Lipinski definition) is 2. The van der Waals surface area contributed by atoms with Crippen LogP contribution in [-0.4, -0.2) is 61.5 Å². The average Bonchev–Trinajstić information content (AvgIpc) is 2.35. The van der Waals surface area contributed by atoms with Crippen molar-refractivity contribution in [2.75, 3.05) is 39.5 Å². The lowest BCUT2D eigenvalue weighted by Gasteiger charge is -2.39. The Labute approximate surface area is 105 Å². The highest BCUT2D eigenvalue weighted by molar-refractivity contribution is 4.84. The van der Waals surface area contributed by atoms with Gasteiger partial charge in [0, 0.05) is 18.6 Å². The van der Waals surface area contributed by atoms with Crippen molar-refractivity contribution in [3.63, 3.8) is 0 Å². The summed E-state index contributed by atoms with van der Waals surface area (Å²) >= 11 is 0. The van der Waals surface area contributed by atoms with Crippen LogP contribution in [-0.2, 0) is 4.74 Å². The maximum absolute atomic E-state index is 8.66. The van der Waals surface area contributed by atoms with Crippen LogP contribution in [0.15, 0.2) is 0 Å². The van der Waals surface area contributed by atoms with Gasteiger partial charge >= 0.3 is 0 Å². The summed E-state index contributed by atoms with van der Waals surface area (Å²) in [5.74, 6) is 0. The van der Waals surface area contributed by atoms with E-state index in [4.69, 9.17) is 9.84 Å². The van der Waals surface area contributed by atoms with Gasteiger partial charge in [0.15, 0.2) is 0 Å². The number of likely N-dealkylation sites (tertiary alicyclic amines) is 1. The predicted molar refractivity (Wildman–Crippen MR) is 70.3 cm³/mol. The Bertz CT molecular complexity index is 190. The zero-order valence-corrected chi connectivity index (χ0v) is 11.3. The molecule has 2 unspecified atom stereocenters. The van der Waals surface area contributed by atoms with Gasteiger partial charge in [-0.05, 0) is 32.9 Å². The van der Waals surface area contributed by atoms with E-state index in [-0.39, 0.29) is 6.61 Å². The Balaban J connectivity index is 2.31. The molecule has 0 aliphatic carbocycles. The minimum atomic E-state index is 0.122. The van der Waals surface area contributed by atoms with E-state index >= 15 is 0 Å². The standard InChI is InChI=1S/C13H28N2O2/c1-3-14-12(2)13-6-4-5-7-15(13)8-10-17-11-9-16/h12-14,16H,3-11H2,1-2H3. The zero-order valence-electron chi connectivity index (χ0n) is 11.3. The van der Waals surface area contributed by atoms with Crippen LogP contribution in [0.3, 0.4) is 0 Å².